The van der Waals surface area contributed by atoms with Crippen molar-refractivity contribution in [2.45, 2.75) is 19.8 Å². The molecule has 0 atom stereocenters. The summed E-state index contributed by atoms with van der Waals surface area (Å²) < 4.78 is 41.6. The monoisotopic (exact) mass is 360 g/mol. The lowest BCUT2D eigenvalue weighted by Gasteiger charge is -2.08. The van der Waals surface area contributed by atoms with Crippen LogP contribution in [0.15, 0.2) is 42.6 Å². The number of nitrogens with zero attached hydrogens (tertiary/aromatic N) is 3. The topological polar surface area (TPSA) is 59.8 Å². The Labute approximate surface area is 147 Å². The number of benzene rings is 1. The van der Waals surface area contributed by atoms with E-state index in [2.05, 4.69) is 15.4 Å². The van der Waals surface area contributed by atoms with Crippen LogP contribution in [0, 0.1) is 17.5 Å². The van der Waals surface area contributed by atoms with Crippen LogP contribution in [0.4, 0.5) is 18.9 Å². The maximum Gasteiger partial charge on any atom is 0.276 e. The SMILES string of the molecule is CC(C)c1cc(C(=O)Nc2ccc(F)c(F)c2F)nn1-c1ccccn1. The van der Waals surface area contributed by atoms with Crippen molar-refractivity contribution in [3.05, 3.63) is 71.4 Å². The molecule has 2 heterocycles. The highest BCUT2D eigenvalue weighted by molar-refractivity contribution is 6.03. The van der Waals surface area contributed by atoms with Crippen LogP contribution in [0.25, 0.3) is 5.82 Å². The molecule has 8 heteroatoms. The molecule has 0 unspecified atom stereocenters. The first-order valence-corrected chi connectivity index (χ1v) is 7.84. The number of amides is 1. The second kappa shape index (κ2) is 6.99. The van der Waals surface area contributed by atoms with Crippen LogP contribution in [0.1, 0.15) is 35.9 Å². The molecule has 5 nitrogen and oxygen atoms in total. The summed E-state index contributed by atoms with van der Waals surface area (Å²) in [6.45, 7) is 3.85. The third-order valence-corrected chi connectivity index (χ3v) is 3.71. The Bertz CT molecular complexity index is 955. The normalized spacial score (nSPS) is 11.0. The smallest absolute Gasteiger partial charge is 0.276 e. The summed E-state index contributed by atoms with van der Waals surface area (Å²) in [5, 5.41) is 6.43. The first kappa shape index (κ1) is 17.7. The zero-order chi connectivity index (χ0) is 18.8. The van der Waals surface area contributed by atoms with Crippen molar-refractivity contribution in [2.24, 2.45) is 0 Å². The molecule has 0 aliphatic heterocycles. The van der Waals surface area contributed by atoms with Gasteiger partial charge in [-0.15, -0.1) is 0 Å². The van der Waals surface area contributed by atoms with E-state index in [0.29, 0.717) is 5.82 Å². The Balaban J connectivity index is 1.95. The molecule has 0 saturated carbocycles. The summed E-state index contributed by atoms with van der Waals surface area (Å²) in [7, 11) is 0. The van der Waals surface area contributed by atoms with Crippen molar-refractivity contribution in [2.75, 3.05) is 5.32 Å². The van der Waals surface area contributed by atoms with Gasteiger partial charge in [0.15, 0.2) is 29.0 Å². The minimum atomic E-state index is -1.65. The average Bonchev–Trinajstić information content (AvgIpc) is 3.09. The van der Waals surface area contributed by atoms with Crippen LogP contribution in [0.2, 0.25) is 0 Å². The molecule has 3 aromatic rings. The molecule has 1 amide bonds. The van der Waals surface area contributed by atoms with Gasteiger partial charge in [0.1, 0.15) is 0 Å². The number of halogens is 3. The number of aromatic nitrogens is 3. The molecule has 0 fully saturated rings. The molecule has 3 rings (SSSR count). The van der Waals surface area contributed by atoms with Gasteiger partial charge in [-0.3, -0.25) is 4.79 Å². The van der Waals surface area contributed by atoms with E-state index in [9.17, 15) is 18.0 Å². The molecule has 0 aliphatic carbocycles. The summed E-state index contributed by atoms with van der Waals surface area (Å²) in [6, 6.07) is 8.50. The molecule has 1 N–H and O–H groups in total. The summed E-state index contributed by atoms with van der Waals surface area (Å²) in [6.07, 6.45) is 1.59. The fourth-order valence-electron chi connectivity index (χ4n) is 2.39. The standard InChI is InChI=1S/C18H15F3N4O/c1-10(2)14-9-13(24-25(14)15-5-3-4-8-22-15)18(26)23-12-7-6-11(19)16(20)17(12)21/h3-10H,1-2H3,(H,23,26). The summed E-state index contributed by atoms with van der Waals surface area (Å²) >= 11 is 0. The average molecular weight is 360 g/mol. The Morgan fingerprint density at radius 1 is 1.12 bits per heavy atom. The first-order valence-electron chi connectivity index (χ1n) is 7.84. The zero-order valence-electron chi connectivity index (χ0n) is 14.0. The molecule has 26 heavy (non-hydrogen) atoms. The van der Waals surface area contributed by atoms with Gasteiger partial charge in [0.2, 0.25) is 0 Å². The van der Waals surface area contributed by atoms with Gasteiger partial charge in [-0.25, -0.2) is 22.8 Å². The van der Waals surface area contributed by atoms with Crippen LogP contribution in [0.5, 0.6) is 0 Å². The largest absolute Gasteiger partial charge is 0.318 e. The second-order valence-electron chi connectivity index (χ2n) is 5.89. The molecule has 0 saturated heterocycles. The Kier molecular flexibility index (Phi) is 4.75. The predicted octanol–water partition coefficient (Wildman–Crippen LogP) is 4.06. The summed E-state index contributed by atoms with van der Waals surface area (Å²) in [5.41, 5.74) is 0.260. The molecule has 0 spiro atoms. The highest BCUT2D eigenvalue weighted by atomic mass is 19.2. The van der Waals surface area contributed by atoms with Crippen molar-refractivity contribution in [1.82, 2.24) is 14.8 Å². The van der Waals surface area contributed by atoms with Crippen molar-refractivity contribution in [1.29, 1.82) is 0 Å². The maximum atomic E-state index is 13.8. The van der Waals surface area contributed by atoms with Gasteiger partial charge in [0.05, 0.1) is 5.69 Å². The summed E-state index contributed by atoms with van der Waals surface area (Å²) in [5.74, 6) is -4.63. The number of carbonyl (C=O) groups excluding carboxylic acids is 1. The van der Waals surface area contributed by atoms with Crippen LogP contribution >= 0.6 is 0 Å². The Morgan fingerprint density at radius 2 is 1.88 bits per heavy atom. The lowest BCUT2D eigenvalue weighted by atomic mass is 10.1. The minimum Gasteiger partial charge on any atom is -0.318 e. The quantitative estimate of drug-likeness (QED) is 0.714. The van der Waals surface area contributed by atoms with Crippen molar-refractivity contribution in [3.63, 3.8) is 0 Å². The van der Waals surface area contributed by atoms with Gasteiger partial charge >= 0.3 is 0 Å². The molecule has 0 bridgehead atoms. The lowest BCUT2D eigenvalue weighted by molar-refractivity contribution is 0.102. The summed E-state index contributed by atoms with van der Waals surface area (Å²) in [4.78, 5) is 16.6. The molecular formula is C18H15F3N4O. The van der Waals surface area contributed by atoms with Gasteiger partial charge in [-0.2, -0.15) is 5.10 Å². The number of nitrogens with one attached hydrogen (secondary N) is 1. The molecule has 0 aliphatic rings. The van der Waals surface area contributed by atoms with Crippen LogP contribution < -0.4 is 5.32 Å². The highest BCUT2D eigenvalue weighted by Crippen LogP contribution is 2.22. The van der Waals surface area contributed by atoms with Gasteiger partial charge < -0.3 is 5.32 Å². The number of hydrogen-bond donors (Lipinski definition) is 1. The lowest BCUT2D eigenvalue weighted by Crippen LogP contribution is -2.15. The number of anilines is 1. The van der Waals surface area contributed by atoms with E-state index in [-0.39, 0.29) is 11.6 Å². The van der Waals surface area contributed by atoms with Crippen LogP contribution in [-0.4, -0.2) is 20.7 Å². The van der Waals surface area contributed by atoms with E-state index in [1.54, 1.807) is 30.5 Å². The zero-order valence-corrected chi connectivity index (χ0v) is 14.0. The fourth-order valence-corrected chi connectivity index (χ4v) is 2.39. The maximum absolute atomic E-state index is 13.8. The third kappa shape index (κ3) is 3.30. The van der Waals surface area contributed by atoms with Gasteiger partial charge in [-0.1, -0.05) is 19.9 Å². The van der Waals surface area contributed by atoms with Crippen molar-refractivity contribution in [3.8, 4) is 5.82 Å². The molecular weight excluding hydrogens is 345 g/mol. The second-order valence-corrected chi connectivity index (χ2v) is 5.89. The molecule has 134 valence electrons. The minimum absolute atomic E-state index is 0.00323. The fraction of sp³-hybridized carbons (Fsp3) is 0.167. The first-order chi connectivity index (χ1) is 12.4. The highest BCUT2D eigenvalue weighted by Gasteiger charge is 2.20. The Hall–Kier alpha value is -3.16. The van der Waals surface area contributed by atoms with Crippen LogP contribution in [0.3, 0.4) is 0 Å². The van der Waals surface area contributed by atoms with E-state index in [4.69, 9.17) is 0 Å². The van der Waals surface area contributed by atoms with Gasteiger partial charge in [0, 0.05) is 11.9 Å². The van der Waals surface area contributed by atoms with E-state index in [1.807, 2.05) is 13.8 Å². The number of pyridine rings is 1. The van der Waals surface area contributed by atoms with E-state index >= 15 is 0 Å². The van der Waals surface area contributed by atoms with E-state index in [0.717, 1.165) is 17.8 Å². The van der Waals surface area contributed by atoms with E-state index < -0.39 is 29.0 Å². The van der Waals surface area contributed by atoms with Crippen LogP contribution in [-0.2, 0) is 0 Å². The predicted molar refractivity (Wildman–Crippen MR) is 89.7 cm³/mol. The number of hydrogen-bond acceptors (Lipinski definition) is 3. The molecule has 1 aromatic carbocycles. The van der Waals surface area contributed by atoms with Gasteiger partial charge in [-0.05, 0) is 36.2 Å². The van der Waals surface area contributed by atoms with Crippen molar-refractivity contribution >= 4 is 11.6 Å². The Morgan fingerprint density at radius 3 is 2.54 bits per heavy atom. The molecule has 2 aromatic heterocycles. The number of rotatable bonds is 4. The van der Waals surface area contributed by atoms with Gasteiger partial charge in [0.25, 0.3) is 5.91 Å². The third-order valence-electron chi connectivity index (χ3n) is 3.71. The molecule has 0 radical (unpaired) electrons. The van der Waals surface area contributed by atoms with E-state index in [1.165, 1.54) is 4.68 Å². The van der Waals surface area contributed by atoms with Crippen molar-refractivity contribution < 1.29 is 18.0 Å². The number of carbonyl (C=O) groups is 1.